The molecule has 0 spiro atoms. The Morgan fingerprint density at radius 2 is 1.67 bits per heavy atom. The van der Waals surface area contributed by atoms with Crippen LogP contribution in [0.1, 0.15) is 5.56 Å². The van der Waals surface area contributed by atoms with E-state index in [1.165, 1.54) is 0 Å². The number of benzene rings is 2. The summed E-state index contributed by atoms with van der Waals surface area (Å²) in [6, 6.07) is 12.2. The van der Waals surface area contributed by atoms with Crippen molar-refractivity contribution in [2.24, 2.45) is 0 Å². The third-order valence-electron chi connectivity index (χ3n) is 2.80. The van der Waals surface area contributed by atoms with E-state index in [2.05, 4.69) is 0 Å². The Labute approximate surface area is 137 Å². The molecule has 0 aliphatic carbocycles. The van der Waals surface area contributed by atoms with E-state index in [0.717, 1.165) is 11.3 Å². The van der Waals surface area contributed by atoms with E-state index in [9.17, 15) is 4.79 Å². The number of nitrogens with zero attached hydrogens (tertiary/aromatic N) is 1. The van der Waals surface area contributed by atoms with Gasteiger partial charge in [-0.1, -0.05) is 40.9 Å². The van der Waals surface area contributed by atoms with Gasteiger partial charge in [-0.2, -0.15) is 0 Å². The second-order valence-electron chi connectivity index (χ2n) is 4.51. The molecule has 6 heteroatoms. The van der Waals surface area contributed by atoms with Crippen LogP contribution in [0.2, 0.25) is 15.1 Å². The minimum absolute atomic E-state index is 0.148. The molecule has 0 atom stereocenters. The number of carboxylic acid groups (broad SMARTS) is 1. The maximum Gasteiger partial charge on any atom is 0.323 e. The Morgan fingerprint density at radius 1 is 1.00 bits per heavy atom. The van der Waals surface area contributed by atoms with Gasteiger partial charge < -0.3 is 10.0 Å². The summed E-state index contributed by atoms with van der Waals surface area (Å²) in [5.41, 5.74) is 1.55. The summed E-state index contributed by atoms with van der Waals surface area (Å²) in [4.78, 5) is 12.8. The van der Waals surface area contributed by atoms with Crippen LogP contribution in [-0.4, -0.2) is 17.6 Å². The van der Waals surface area contributed by atoms with E-state index in [4.69, 9.17) is 39.9 Å². The minimum Gasteiger partial charge on any atom is -0.480 e. The van der Waals surface area contributed by atoms with E-state index < -0.39 is 5.97 Å². The number of halogens is 3. The van der Waals surface area contributed by atoms with Gasteiger partial charge in [0.25, 0.3) is 0 Å². The van der Waals surface area contributed by atoms with Gasteiger partial charge in [0, 0.05) is 27.3 Å². The van der Waals surface area contributed by atoms with Crippen LogP contribution in [0, 0.1) is 0 Å². The van der Waals surface area contributed by atoms with Crippen LogP contribution in [0.5, 0.6) is 0 Å². The fraction of sp³-hybridized carbons (Fsp3) is 0.133. The highest BCUT2D eigenvalue weighted by Crippen LogP contribution is 2.24. The first-order chi connectivity index (χ1) is 9.94. The summed E-state index contributed by atoms with van der Waals surface area (Å²) in [7, 11) is 0. The molecular formula is C15H12Cl3NO2. The normalized spacial score (nSPS) is 10.4. The molecule has 21 heavy (non-hydrogen) atoms. The number of anilines is 1. The second-order valence-corrected chi connectivity index (χ2v) is 5.82. The smallest absolute Gasteiger partial charge is 0.323 e. The summed E-state index contributed by atoms with van der Waals surface area (Å²) in [6.07, 6.45) is 0. The minimum atomic E-state index is -0.928. The average Bonchev–Trinajstić information content (AvgIpc) is 2.36. The number of carboxylic acids is 1. The Kier molecular flexibility index (Phi) is 5.34. The van der Waals surface area contributed by atoms with Crippen LogP contribution >= 0.6 is 34.8 Å². The Hall–Kier alpha value is -1.42. The van der Waals surface area contributed by atoms with Crippen molar-refractivity contribution in [1.82, 2.24) is 0 Å². The van der Waals surface area contributed by atoms with Gasteiger partial charge in [0.15, 0.2) is 0 Å². The highest BCUT2D eigenvalue weighted by atomic mass is 35.5. The van der Waals surface area contributed by atoms with Crippen LogP contribution in [0.15, 0.2) is 42.5 Å². The number of hydrogen-bond acceptors (Lipinski definition) is 2. The average molecular weight is 345 g/mol. The lowest BCUT2D eigenvalue weighted by molar-refractivity contribution is -0.135. The molecule has 3 nitrogen and oxygen atoms in total. The summed E-state index contributed by atoms with van der Waals surface area (Å²) in [6.45, 7) is 0.220. The van der Waals surface area contributed by atoms with Gasteiger partial charge in [-0.25, -0.2) is 0 Å². The molecule has 2 aromatic carbocycles. The lowest BCUT2D eigenvalue weighted by Gasteiger charge is -2.23. The molecule has 0 amide bonds. The zero-order valence-electron chi connectivity index (χ0n) is 10.9. The molecule has 2 aromatic rings. The molecule has 0 aromatic heterocycles. The van der Waals surface area contributed by atoms with E-state index >= 15 is 0 Å². The Bertz CT molecular complexity index is 641. The van der Waals surface area contributed by atoms with Crippen molar-refractivity contribution in [1.29, 1.82) is 0 Å². The molecule has 0 saturated carbocycles. The van der Waals surface area contributed by atoms with Crippen molar-refractivity contribution >= 4 is 46.5 Å². The van der Waals surface area contributed by atoms with Gasteiger partial charge >= 0.3 is 5.97 Å². The maximum atomic E-state index is 11.1. The van der Waals surface area contributed by atoms with Gasteiger partial charge in [0.1, 0.15) is 6.54 Å². The number of carbonyl (C=O) groups is 1. The summed E-state index contributed by atoms with van der Waals surface area (Å²) >= 11 is 17.9. The Balaban J connectivity index is 2.30. The maximum absolute atomic E-state index is 11.1. The molecule has 110 valence electrons. The van der Waals surface area contributed by atoms with Gasteiger partial charge in [-0.15, -0.1) is 0 Å². The van der Waals surface area contributed by atoms with Gasteiger partial charge in [-0.3, -0.25) is 4.79 Å². The first-order valence-corrected chi connectivity index (χ1v) is 7.25. The SMILES string of the molecule is O=C(O)CN(Cc1cc(Cl)cc(Cl)c1)c1cccc(Cl)c1. The molecule has 0 aliphatic rings. The number of hydrogen-bond donors (Lipinski definition) is 1. The van der Waals surface area contributed by atoms with Crippen molar-refractivity contribution < 1.29 is 9.90 Å². The molecule has 0 heterocycles. The van der Waals surface area contributed by atoms with Gasteiger partial charge in [0.2, 0.25) is 0 Å². The first kappa shape index (κ1) is 16.0. The lowest BCUT2D eigenvalue weighted by atomic mass is 10.2. The first-order valence-electron chi connectivity index (χ1n) is 6.11. The molecule has 2 rings (SSSR count). The summed E-state index contributed by atoms with van der Waals surface area (Å²) < 4.78 is 0. The van der Waals surface area contributed by atoms with E-state index in [-0.39, 0.29) is 6.54 Å². The van der Waals surface area contributed by atoms with Crippen molar-refractivity contribution in [2.45, 2.75) is 6.54 Å². The van der Waals surface area contributed by atoms with Crippen molar-refractivity contribution in [3.05, 3.63) is 63.1 Å². The molecule has 0 fully saturated rings. The van der Waals surface area contributed by atoms with Gasteiger partial charge in [-0.05, 0) is 42.0 Å². The quantitative estimate of drug-likeness (QED) is 0.852. The van der Waals surface area contributed by atoms with Gasteiger partial charge in [0.05, 0.1) is 0 Å². The fourth-order valence-electron chi connectivity index (χ4n) is 2.00. The van der Waals surface area contributed by atoms with E-state index in [1.807, 2.05) is 0 Å². The summed E-state index contributed by atoms with van der Waals surface area (Å²) in [5.74, 6) is -0.928. The predicted octanol–water partition coefficient (Wildman–Crippen LogP) is 4.74. The van der Waals surface area contributed by atoms with Crippen LogP contribution in [0.25, 0.3) is 0 Å². The lowest BCUT2D eigenvalue weighted by Crippen LogP contribution is -2.29. The van der Waals surface area contributed by atoms with Crippen LogP contribution in [0.3, 0.4) is 0 Å². The largest absolute Gasteiger partial charge is 0.480 e. The van der Waals surface area contributed by atoms with Crippen molar-refractivity contribution in [3.8, 4) is 0 Å². The number of rotatable bonds is 5. The Morgan fingerprint density at radius 3 is 2.24 bits per heavy atom. The predicted molar refractivity (Wildman–Crippen MR) is 86.6 cm³/mol. The van der Waals surface area contributed by atoms with E-state index in [1.54, 1.807) is 47.4 Å². The molecule has 0 bridgehead atoms. The van der Waals surface area contributed by atoms with Crippen molar-refractivity contribution in [2.75, 3.05) is 11.4 Å². The molecule has 0 radical (unpaired) electrons. The standard InChI is InChI=1S/C15H12Cl3NO2/c16-11-2-1-3-14(7-11)19(9-15(20)21)8-10-4-12(17)6-13(18)5-10/h1-7H,8-9H2,(H,20,21). The molecule has 0 saturated heterocycles. The second kappa shape index (κ2) is 7.03. The van der Waals surface area contributed by atoms with Crippen molar-refractivity contribution in [3.63, 3.8) is 0 Å². The molecule has 1 N–H and O–H groups in total. The highest BCUT2D eigenvalue weighted by Gasteiger charge is 2.12. The summed E-state index contributed by atoms with van der Waals surface area (Å²) in [5, 5.41) is 10.6. The van der Waals surface area contributed by atoms with Crippen LogP contribution in [-0.2, 0) is 11.3 Å². The third-order valence-corrected chi connectivity index (χ3v) is 3.47. The number of aliphatic carboxylic acids is 1. The monoisotopic (exact) mass is 343 g/mol. The van der Waals surface area contributed by atoms with Crippen LogP contribution < -0.4 is 4.90 Å². The third kappa shape index (κ3) is 4.81. The molecule has 0 aliphatic heterocycles. The molecule has 0 unspecified atom stereocenters. The zero-order valence-corrected chi connectivity index (χ0v) is 13.2. The fourth-order valence-corrected chi connectivity index (χ4v) is 2.75. The zero-order chi connectivity index (χ0) is 15.4. The van der Waals surface area contributed by atoms with Crippen LogP contribution in [0.4, 0.5) is 5.69 Å². The molecular weight excluding hydrogens is 333 g/mol. The highest BCUT2D eigenvalue weighted by molar-refractivity contribution is 6.34. The topological polar surface area (TPSA) is 40.5 Å². The van der Waals surface area contributed by atoms with E-state index in [0.29, 0.717) is 21.6 Å².